The van der Waals surface area contributed by atoms with Crippen LogP contribution in [0.25, 0.3) is 0 Å². The number of benzene rings is 1. The van der Waals surface area contributed by atoms with Gasteiger partial charge >= 0.3 is 5.97 Å². The first-order chi connectivity index (χ1) is 9.60. The molecular formula is C15H15NO4. The Morgan fingerprint density at radius 2 is 2.05 bits per heavy atom. The van der Waals surface area contributed by atoms with Crippen molar-refractivity contribution in [3.8, 4) is 11.5 Å². The Morgan fingerprint density at radius 3 is 2.75 bits per heavy atom. The van der Waals surface area contributed by atoms with Gasteiger partial charge < -0.3 is 14.6 Å². The summed E-state index contributed by atoms with van der Waals surface area (Å²) in [4.78, 5) is 14.8. The highest BCUT2D eigenvalue weighted by atomic mass is 16.5. The van der Waals surface area contributed by atoms with Gasteiger partial charge in [-0.2, -0.15) is 0 Å². The molecule has 0 unspecified atom stereocenters. The number of methoxy groups -OCH3 is 1. The van der Waals surface area contributed by atoms with Crippen molar-refractivity contribution >= 4 is 5.97 Å². The van der Waals surface area contributed by atoms with Crippen LogP contribution in [0.2, 0.25) is 0 Å². The highest BCUT2D eigenvalue weighted by molar-refractivity contribution is 5.85. The summed E-state index contributed by atoms with van der Waals surface area (Å²) in [6.07, 6.45) is 0. The van der Waals surface area contributed by atoms with E-state index in [9.17, 15) is 4.79 Å². The fourth-order valence-electron chi connectivity index (χ4n) is 1.72. The maximum absolute atomic E-state index is 10.8. The quantitative estimate of drug-likeness (QED) is 0.907. The van der Waals surface area contributed by atoms with E-state index in [0.717, 1.165) is 5.56 Å². The van der Waals surface area contributed by atoms with Gasteiger partial charge in [-0.05, 0) is 36.8 Å². The largest absolute Gasteiger partial charge is 0.493 e. The molecule has 0 amide bonds. The number of aromatic nitrogens is 1. The average molecular weight is 273 g/mol. The van der Waals surface area contributed by atoms with Crippen molar-refractivity contribution in [3.63, 3.8) is 0 Å². The molecule has 0 atom stereocenters. The summed E-state index contributed by atoms with van der Waals surface area (Å²) in [5.74, 6) is 0.180. The third-order valence-electron chi connectivity index (χ3n) is 2.72. The molecule has 0 aliphatic rings. The molecule has 104 valence electrons. The van der Waals surface area contributed by atoms with E-state index in [1.54, 1.807) is 19.2 Å². The predicted octanol–water partition coefficient (Wildman–Crippen LogP) is 2.68. The zero-order valence-electron chi connectivity index (χ0n) is 11.3. The summed E-state index contributed by atoms with van der Waals surface area (Å²) in [7, 11) is 1.57. The number of carbonyl (C=O) groups is 1. The van der Waals surface area contributed by atoms with E-state index in [-0.39, 0.29) is 12.3 Å². The van der Waals surface area contributed by atoms with Gasteiger partial charge in [-0.1, -0.05) is 12.1 Å². The molecule has 2 aromatic rings. The molecule has 1 aromatic heterocycles. The van der Waals surface area contributed by atoms with E-state index >= 15 is 0 Å². The van der Waals surface area contributed by atoms with Gasteiger partial charge in [0.2, 0.25) is 0 Å². The molecule has 20 heavy (non-hydrogen) atoms. The number of hydrogen-bond donors (Lipinski definition) is 1. The molecule has 0 saturated carbocycles. The number of carboxylic acids is 1. The van der Waals surface area contributed by atoms with Crippen molar-refractivity contribution in [2.24, 2.45) is 0 Å². The fraction of sp³-hybridized carbons (Fsp3) is 0.200. The molecule has 0 fully saturated rings. The van der Waals surface area contributed by atoms with Crippen LogP contribution in [0, 0.1) is 6.92 Å². The summed E-state index contributed by atoms with van der Waals surface area (Å²) in [5, 5.41) is 8.88. The SMILES string of the molecule is COc1cc(C)ccc1OCc1cccc(C(=O)O)n1. The second-order valence-corrected chi connectivity index (χ2v) is 4.26. The van der Waals surface area contributed by atoms with E-state index in [0.29, 0.717) is 17.2 Å². The van der Waals surface area contributed by atoms with Gasteiger partial charge in [-0.15, -0.1) is 0 Å². The minimum Gasteiger partial charge on any atom is -0.493 e. The van der Waals surface area contributed by atoms with Crippen LogP contribution in [-0.4, -0.2) is 23.2 Å². The molecule has 0 aliphatic heterocycles. The maximum atomic E-state index is 10.8. The third-order valence-corrected chi connectivity index (χ3v) is 2.72. The standard InChI is InChI=1S/C15H15NO4/c1-10-6-7-13(14(8-10)19-2)20-9-11-4-3-5-12(16-11)15(17)18/h3-8H,9H2,1-2H3,(H,17,18). The van der Waals surface area contributed by atoms with Crippen LogP contribution >= 0.6 is 0 Å². The Labute approximate surface area is 116 Å². The number of hydrogen-bond acceptors (Lipinski definition) is 4. The van der Waals surface area contributed by atoms with Crippen molar-refractivity contribution in [3.05, 3.63) is 53.3 Å². The molecule has 0 saturated heterocycles. The number of aromatic carboxylic acids is 1. The fourth-order valence-corrected chi connectivity index (χ4v) is 1.72. The predicted molar refractivity (Wildman–Crippen MR) is 73.3 cm³/mol. The van der Waals surface area contributed by atoms with Crippen LogP contribution in [-0.2, 0) is 6.61 Å². The summed E-state index contributed by atoms with van der Waals surface area (Å²) in [5.41, 5.74) is 1.62. The average Bonchev–Trinajstić information content (AvgIpc) is 2.46. The smallest absolute Gasteiger partial charge is 0.354 e. The van der Waals surface area contributed by atoms with Crippen LogP contribution in [0.4, 0.5) is 0 Å². The van der Waals surface area contributed by atoms with Crippen LogP contribution < -0.4 is 9.47 Å². The van der Waals surface area contributed by atoms with E-state index in [1.807, 2.05) is 25.1 Å². The van der Waals surface area contributed by atoms with Gasteiger partial charge in [0.25, 0.3) is 0 Å². The molecule has 0 aliphatic carbocycles. The number of pyridine rings is 1. The van der Waals surface area contributed by atoms with Gasteiger partial charge in [-0.25, -0.2) is 9.78 Å². The lowest BCUT2D eigenvalue weighted by Gasteiger charge is -2.11. The molecule has 5 heteroatoms. The summed E-state index contributed by atoms with van der Waals surface area (Å²) in [6, 6.07) is 10.4. The Hall–Kier alpha value is -2.56. The first kappa shape index (κ1) is 13.9. The minimum absolute atomic E-state index is 0.00183. The van der Waals surface area contributed by atoms with E-state index in [4.69, 9.17) is 14.6 Å². The van der Waals surface area contributed by atoms with Crippen molar-refractivity contribution in [2.45, 2.75) is 13.5 Å². The summed E-state index contributed by atoms with van der Waals surface area (Å²) >= 11 is 0. The van der Waals surface area contributed by atoms with Gasteiger partial charge in [-0.3, -0.25) is 0 Å². The molecule has 5 nitrogen and oxygen atoms in total. The summed E-state index contributed by atoms with van der Waals surface area (Å²) in [6.45, 7) is 2.14. The van der Waals surface area contributed by atoms with E-state index in [1.165, 1.54) is 6.07 Å². The highest BCUT2D eigenvalue weighted by Gasteiger charge is 2.08. The second-order valence-electron chi connectivity index (χ2n) is 4.26. The Balaban J connectivity index is 2.12. The molecule has 1 N–H and O–H groups in total. The lowest BCUT2D eigenvalue weighted by Crippen LogP contribution is -2.05. The Morgan fingerprint density at radius 1 is 1.25 bits per heavy atom. The van der Waals surface area contributed by atoms with Gasteiger partial charge in [0, 0.05) is 0 Å². The first-order valence-electron chi connectivity index (χ1n) is 6.07. The highest BCUT2D eigenvalue weighted by Crippen LogP contribution is 2.28. The van der Waals surface area contributed by atoms with Crippen LogP contribution in [0.3, 0.4) is 0 Å². The molecule has 2 rings (SSSR count). The van der Waals surface area contributed by atoms with Crippen LogP contribution in [0.5, 0.6) is 11.5 Å². The third kappa shape index (κ3) is 3.26. The molecule has 0 radical (unpaired) electrons. The Kier molecular flexibility index (Phi) is 4.20. The zero-order chi connectivity index (χ0) is 14.5. The lowest BCUT2D eigenvalue weighted by molar-refractivity contribution is 0.0690. The number of rotatable bonds is 5. The normalized spacial score (nSPS) is 10.1. The molecule has 0 spiro atoms. The molecule has 1 heterocycles. The number of ether oxygens (including phenoxy) is 2. The minimum atomic E-state index is -1.06. The van der Waals surface area contributed by atoms with Crippen molar-refractivity contribution in [1.82, 2.24) is 4.98 Å². The topological polar surface area (TPSA) is 68.7 Å². The lowest BCUT2D eigenvalue weighted by atomic mass is 10.2. The monoisotopic (exact) mass is 273 g/mol. The number of carboxylic acid groups (broad SMARTS) is 1. The van der Waals surface area contributed by atoms with Gasteiger partial charge in [0.1, 0.15) is 12.3 Å². The van der Waals surface area contributed by atoms with E-state index in [2.05, 4.69) is 4.98 Å². The van der Waals surface area contributed by atoms with Crippen LogP contribution in [0.1, 0.15) is 21.7 Å². The first-order valence-corrected chi connectivity index (χ1v) is 6.07. The van der Waals surface area contributed by atoms with E-state index < -0.39 is 5.97 Å². The zero-order valence-corrected chi connectivity index (χ0v) is 11.3. The molecule has 0 bridgehead atoms. The maximum Gasteiger partial charge on any atom is 0.354 e. The Bertz CT molecular complexity index is 625. The van der Waals surface area contributed by atoms with Gasteiger partial charge in [0.05, 0.1) is 12.8 Å². The molecule has 1 aromatic carbocycles. The number of aryl methyl sites for hydroxylation is 1. The van der Waals surface area contributed by atoms with Gasteiger partial charge in [0.15, 0.2) is 11.5 Å². The summed E-state index contributed by atoms with van der Waals surface area (Å²) < 4.78 is 10.9. The van der Waals surface area contributed by atoms with Crippen molar-refractivity contribution in [1.29, 1.82) is 0 Å². The van der Waals surface area contributed by atoms with Crippen molar-refractivity contribution in [2.75, 3.05) is 7.11 Å². The van der Waals surface area contributed by atoms with Crippen molar-refractivity contribution < 1.29 is 19.4 Å². The second kappa shape index (κ2) is 6.06. The number of nitrogens with zero attached hydrogens (tertiary/aromatic N) is 1. The van der Waals surface area contributed by atoms with Crippen LogP contribution in [0.15, 0.2) is 36.4 Å². The molecular weight excluding hydrogens is 258 g/mol.